The fourth-order valence-corrected chi connectivity index (χ4v) is 2.37. The third-order valence-corrected chi connectivity index (χ3v) is 3.43. The van der Waals surface area contributed by atoms with Crippen LogP contribution < -0.4 is 5.32 Å². The zero-order valence-electron chi connectivity index (χ0n) is 12.1. The number of aliphatic hydroxyl groups is 1. The lowest BCUT2D eigenvalue weighted by molar-refractivity contribution is -0.117. The van der Waals surface area contributed by atoms with E-state index in [2.05, 4.69) is 17.2 Å². The van der Waals surface area contributed by atoms with E-state index in [1.807, 2.05) is 18.2 Å². The number of rotatable bonds is 4. The van der Waals surface area contributed by atoms with E-state index in [1.54, 1.807) is 6.07 Å². The number of carbonyl (C=O) groups is 1. The van der Waals surface area contributed by atoms with Crippen molar-refractivity contribution in [3.63, 3.8) is 0 Å². The molecular formula is C17H21NO3. The molecule has 0 spiro atoms. The van der Waals surface area contributed by atoms with Crippen LogP contribution in [0.3, 0.4) is 0 Å². The Morgan fingerprint density at radius 1 is 1.43 bits per heavy atom. The van der Waals surface area contributed by atoms with E-state index in [-0.39, 0.29) is 18.6 Å². The molecule has 0 saturated carbocycles. The lowest BCUT2D eigenvalue weighted by Crippen LogP contribution is -2.21. The van der Waals surface area contributed by atoms with Gasteiger partial charge in [0.15, 0.2) is 0 Å². The molecule has 1 heterocycles. The molecule has 0 bridgehead atoms. The predicted molar refractivity (Wildman–Crippen MR) is 81.9 cm³/mol. The third kappa shape index (κ3) is 5.58. The Hall–Kier alpha value is -1.83. The summed E-state index contributed by atoms with van der Waals surface area (Å²) in [5, 5.41) is 11.6. The number of hydrogen-bond donors (Lipinski definition) is 2. The molecule has 0 aromatic heterocycles. The average molecular weight is 287 g/mol. The number of ether oxygens (including phenoxy) is 1. The molecule has 0 aliphatic carbocycles. The molecule has 1 amide bonds. The largest absolute Gasteiger partial charge is 0.384 e. The Bertz CT molecular complexity index is 524. The Balaban J connectivity index is 1.81. The average Bonchev–Trinajstić information content (AvgIpc) is 2.52. The van der Waals surface area contributed by atoms with Crippen molar-refractivity contribution in [2.45, 2.75) is 38.2 Å². The summed E-state index contributed by atoms with van der Waals surface area (Å²) in [6.07, 6.45) is 4.85. The van der Waals surface area contributed by atoms with Gasteiger partial charge in [0, 0.05) is 24.3 Å². The van der Waals surface area contributed by atoms with Crippen LogP contribution >= 0.6 is 0 Å². The van der Waals surface area contributed by atoms with E-state index >= 15 is 0 Å². The molecule has 1 atom stereocenters. The standard InChI is InChI=1S/C17H21NO3/c19-11-4-6-14-5-3-7-15(13-14)18-17(20)10-9-16-8-1-2-12-21-16/h3,5,7,13,16,19H,1-2,8-12H2,(H,18,20). The maximum absolute atomic E-state index is 11.9. The fraction of sp³-hybridized carbons (Fsp3) is 0.471. The van der Waals surface area contributed by atoms with Crippen molar-refractivity contribution in [2.75, 3.05) is 18.5 Å². The molecule has 1 aliphatic rings. The lowest BCUT2D eigenvalue weighted by atomic mass is 10.0. The molecule has 4 nitrogen and oxygen atoms in total. The van der Waals surface area contributed by atoms with Gasteiger partial charge in [0.2, 0.25) is 5.91 Å². The van der Waals surface area contributed by atoms with Crippen LogP contribution in [0.2, 0.25) is 0 Å². The topological polar surface area (TPSA) is 58.6 Å². The van der Waals surface area contributed by atoms with E-state index in [0.29, 0.717) is 6.42 Å². The molecule has 1 fully saturated rings. The zero-order valence-corrected chi connectivity index (χ0v) is 12.1. The summed E-state index contributed by atoms with van der Waals surface area (Å²) in [5.41, 5.74) is 1.51. The van der Waals surface area contributed by atoms with Gasteiger partial charge in [0.05, 0.1) is 6.10 Å². The second-order valence-electron chi connectivity index (χ2n) is 5.12. The van der Waals surface area contributed by atoms with Gasteiger partial charge in [0.25, 0.3) is 0 Å². The van der Waals surface area contributed by atoms with Crippen LogP contribution in [-0.4, -0.2) is 30.3 Å². The first-order valence-electron chi connectivity index (χ1n) is 7.39. The number of benzene rings is 1. The molecule has 112 valence electrons. The smallest absolute Gasteiger partial charge is 0.224 e. The molecule has 4 heteroatoms. The Kier molecular flexibility index (Phi) is 6.26. The van der Waals surface area contributed by atoms with Gasteiger partial charge in [-0.25, -0.2) is 0 Å². The predicted octanol–water partition coefficient (Wildman–Crippen LogP) is 2.32. The van der Waals surface area contributed by atoms with Crippen molar-refractivity contribution in [3.8, 4) is 11.8 Å². The molecule has 2 rings (SSSR count). The summed E-state index contributed by atoms with van der Waals surface area (Å²) < 4.78 is 5.62. The van der Waals surface area contributed by atoms with Crippen LogP contribution in [0.4, 0.5) is 5.69 Å². The summed E-state index contributed by atoms with van der Waals surface area (Å²) in [4.78, 5) is 11.9. The summed E-state index contributed by atoms with van der Waals surface area (Å²) in [7, 11) is 0. The molecule has 2 N–H and O–H groups in total. The zero-order chi connectivity index (χ0) is 14.9. The number of anilines is 1. The highest BCUT2D eigenvalue weighted by Crippen LogP contribution is 2.17. The van der Waals surface area contributed by atoms with E-state index in [4.69, 9.17) is 9.84 Å². The minimum absolute atomic E-state index is 0.00330. The highest BCUT2D eigenvalue weighted by molar-refractivity contribution is 5.90. The number of hydrogen-bond acceptors (Lipinski definition) is 3. The Morgan fingerprint density at radius 2 is 2.33 bits per heavy atom. The van der Waals surface area contributed by atoms with Gasteiger partial charge in [-0.1, -0.05) is 17.9 Å². The summed E-state index contributed by atoms with van der Waals surface area (Å²) in [6.45, 7) is 0.649. The third-order valence-electron chi connectivity index (χ3n) is 3.43. The monoisotopic (exact) mass is 287 g/mol. The van der Waals surface area contributed by atoms with Crippen LogP contribution in [0, 0.1) is 11.8 Å². The highest BCUT2D eigenvalue weighted by Gasteiger charge is 2.15. The first kappa shape index (κ1) is 15.6. The van der Waals surface area contributed by atoms with Gasteiger partial charge in [-0.05, 0) is 43.9 Å². The van der Waals surface area contributed by atoms with E-state index < -0.39 is 0 Å². The molecule has 1 aromatic carbocycles. The van der Waals surface area contributed by atoms with Crippen molar-refractivity contribution in [1.29, 1.82) is 0 Å². The molecule has 1 saturated heterocycles. The van der Waals surface area contributed by atoms with Gasteiger partial charge in [0.1, 0.15) is 6.61 Å². The van der Waals surface area contributed by atoms with Crippen LogP contribution in [0.5, 0.6) is 0 Å². The molecule has 1 unspecified atom stereocenters. The van der Waals surface area contributed by atoms with Crippen LogP contribution in [0.15, 0.2) is 24.3 Å². The normalized spacial score (nSPS) is 17.7. The molecule has 0 radical (unpaired) electrons. The van der Waals surface area contributed by atoms with Gasteiger partial charge in [-0.15, -0.1) is 0 Å². The van der Waals surface area contributed by atoms with Gasteiger partial charge in [-0.2, -0.15) is 0 Å². The quantitative estimate of drug-likeness (QED) is 0.836. The van der Waals surface area contributed by atoms with Crippen LogP contribution in [0.1, 0.15) is 37.7 Å². The van der Waals surface area contributed by atoms with Gasteiger partial charge < -0.3 is 15.2 Å². The first-order chi connectivity index (χ1) is 10.3. The minimum atomic E-state index is -0.169. The second-order valence-corrected chi connectivity index (χ2v) is 5.12. The van der Waals surface area contributed by atoms with Gasteiger partial charge in [-0.3, -0.25) is 4.79 Å². The Labute approximate surface area is 125 Å². The summed E-state index contributed by atoms with van der Waals surface area (Å²) in [6, 6.07) is 7.31. The molecule has 1 aliphatic heterocycles. The summed E-state index contributed by atoms with van der Waals surface area (Å²) >= 11 is 0. The number of aliphatic hydroxyl groups excluding tert-OH is 1. The van der Waals surface area contributed by atoms with Crippen molar-refractivity contribution in [2.24, 2.45) is 0 Å². The number of carbonyl (C=O) groups excluding carboxylic acids is 1. The molecule has 21 heavy (non-hydrogen) atoms. The van der Waals surface area contributed by atoms with Crippen molar-refractivity contribution in [3.05, 3.63) is 29.8 Å². The minimum Gasteiger partial charge on any atom is -0.384 e. The second kappa shape index (κ2) is 8.46. The highest BCUT2D eigenvalue weighted by atomic mass is 16.5. The maximum atomic E-state index is 11.9. The van der Waals surface area contributed by atoms with E-state index in [0.717, 1.165) is 37.1 Å². The number of amides is 1. The van der Waals surface area contributed by atoms with E-state index in [9.17, 15) is 4.79 Å². The fourth-order valence-electron chi connectivity index (χ4n) is 2.37. The van der Waals surface area contributed by atoms with Gasteiger partial charge >= 0.3 is 0 Å². The lowest BCUT2D eigenvalue weighted by Gasteiger charge is -2.22. The van der Waals surface area contributed by atoms with Crippen molar-refractivity contribution >= 4 is 11.6 Å². The van der Waals surface area contributed by atoms with Crippen molar-refractivity contribution in [1.82, 2.24) is 0 Å². The Morgan fingerprint density at radius 3 is 3.10 bits per heavy atom. The summed E-state index contributed by atoms with van der Waals surface area (Å²) in [5.74, 6) is 5.41. The molecular weight excluding hydrogens is 266 g/mol. The molecule has 1 aromatic rings. The SMILES string of the molecule is O=C(CCC1CCCCO1)Nc1cccc(C#CCO)c1. The first-order valence-corrected chi connectivity index (χ1v) is 7.39. The maximum Gasteiger partial charge on any atom is 0.224 e. The number of nitrogens with one attached hydrogen (secondary N) is 1. The van der Waals surface area contributed by atoms with Crippen molar-refractivity contribution < 1.29 is 14.6 Å². The van der Waals surface area contributed by atoms with Crippen LogP contribution in [0.25, 0.3) is 0 Å². The van der Waals surface area contributed by atoms with E-state index in [1.165, 1.54) is 6.42 Å². The van der Waals surface area contributed by atoms with Crippen LogP contribution in [-0.2, 0) is 9.53 Å².